The van der Waals surface area contributed by atoms with Crippen LogP contribution in [0.15, 0.2) is 55.1 Å². The number of para-hydroxylation sites is 2. The zero-order valence-electron chi connectivity index (χ0n) is 13.9. The van der Waals surface area contributed by atoms with E-state index in [1.807, 2.05) is 30.3 Å². The van der Waals surface area contributed by atoms with Gasteiger partial charge in [-0.05, 0) is 42.7 Å². The first-order valence-electron chi connectivity index (χ1n) is 7.94. The van der Waals surface area contributed by atoms with Crippen molar-refractivity contribution in [3.63, 3.8) is 0 Å². The molecule has 0 atom stereocenters. The van der Waals surface area contributed by atoms with Crippen molar-refractivity contribution in [2.75, 3.05) is 13.2 Å². The molecule has 126 valence electrons. The molecule has 0 aliphatic heterocycles. The summed E-state index contributed by atoms with van der Waals surface area (Å²) < 4.78 is 16.5. The van der Waals surface area contributed by atoms with Gasteiger partial charge in [0.2, 0.25) is 0 Å². The van der Waals surface area contributed by atoms with Gasteiger partial charge >= 0.3 is 5.97 Å². The first-order chi connectivity index (χ1) is 11.7. The molecule has 0 saturated heterocycles. The molecule has 0 N–H and O–H groups in total. The van der Waals surface area contributed by atoms with Crippen LogP contribution in [0.1, 0.15) is 25.3 Å². The lowest BCUT2D eigenvalue weighted by atomic mass is 10.2. The summed E-state index contributed by atoms with van der Waals surface area (Å²) in [6, 6.07) is 15.0. The minimum atomic E-state index is -0.359. The molecule has 0 aliphatic carbocycles. The third-order valence-corrected chi connectivity index (χ3v) is 3.28. The van der Waals surface area contributed by atoms with Gasteiger partial charge in [0, 0.05) is 6.92 Å². The summed E-state index contributed by atoms with van der Waals surface area (Å²) in [4.78, 5) is 11.1. The highest BCUT2D eigenvalue weighted by molar-refractivity contribution is 5.70. The Morgan fingerprint density at radius 2 is 1.58 bits per heavy atom. The first kappa shape index (κ1) is 17.6. The van der Waals surface area contributed by atoms with Crippen molar-refractivity contribution in [1.29, 1.82) is 0 Å². The monoisotopic (exact) mass is 326 g/mol. The molecule has 4 heteroatoms. The highest BCUT2D eigenvalue weighted by Gasteiger charge is 2.06. The Balaban J connectivity index is 1.68. The Kier molecular flexibility index (Phi) is 6.90. The Bertz CT molecular complexity index is 662. The molecule has 0 heterocycles. The Morgan fingerprint density at radius 3 is 2.21 bits per heavy atom. The fourth-order valence-electron chi connectivity index (χ4n) is 2.08. The summed E-state index contributed by atoms with van der Waals surface area (Å²) in [5.74, 6) is 1.51. The molecule has 2 rings (SSSR count). The van der Waals surface area contributed by atoms with Gasteiger partial charge in [-0.1, -0.05) is 36.9 Å². The van der Waals surface area contributed by atoms with E-state index in [-0.39, 0.29) is 5.97 Å². The van der Waals surface area contributed by atoms with Crippen LogP contribution in [-0.2, 0) is 4.79 Å². The molecule has 2 aromatic carbocycles. The maximum Gasteiger partial charge on any atom is 0.308 e. The lowest BCUT2D eigenvalue weighted by Gasteiger charge is -2.11. The van der Waals surface area contributed by atoms with E-state index in [1.165, 1.54) is 6.92 Å². The van der Waals surface area contributed by atoms with Crippen LogP contribution in [0, 0.1) is 0 Å². The lowest BCUT2D eigenvalue weighted by molar-refractivity contribution is -0.132. The van der Waals surface area contributed by atoms with Crippen molar-refractivity contribution in [1.82, 2.24) is 0 Å². The van der Waals surface area contributed by atoms with Gasteiger partial charge in [0.15, 0.2) is 11.5 Å². The molecule has 0 aromatic heterocycles. The predicted molar refractivity (Wildman–Crippen MR) is 94.5 cm³/mol. The van der Waals surface area contributed by atoms with Gasteiger partial charge in [-0.2, -0.15) is 0 Å². The van der Waals surface area contributed by atoms with E-state index in [4.69, 9.17) is 14.2 Å². The topological polar surface area (TPSA) is 44.8 Å². The molecule has 0 radical (unpaired) electrons. The summed E-state index contributed by atoms with van der Waals surface area (Å²) in [7, 11) is 0. The molecule has 0 spiro atoms. The number of esters is 1. The van der Waals surface area contributed by atoms with Crippen LogP contribution in [0.25, 0.3) is 6.08 Å². The lowest BCUT2D eigenvalue weighted by Crippen LogP contribution is -2.06. The Morgan fingerprint density at radius 1 is 0.958 bits per heavy atom. The normalized spacial score (nSPS) is 10.0. The van der Waals surface area contributed by atoms with Crippen LogP contribution in [0.3, 0.4) is 0 Å². The third kappa shape index (κ3) is 5.80. The van der Waals surface area contributed by atoms with E-state index in [0.29, 0.717) is 24.7 Å². The van der Waals surface area contributed by atoms with Crippen molar-refractivity contribution in [3.8, 4) is 17.2 Å². The largest absolute Gasteiger partial charge is 0.494 e. The average molecular weight is 326 g/mol. The number of benzene rings is 2. The fourth-order valence-corrected chi connectivity index (χ4v) is 2.08. The second kappa shape index (κ2) is 9.40. The van der Waals surface area contributed by atoms with Crippen molar-refractivity contribution < 1.29 is 19.0 Å². The predicted octanol–water partition coefficient (Wildman–Crippen LogP) is 4.49. The van der Waals surface area contributed by atoms with E-state index in [1.54, 1.807) is 24.3 Å². The van der Waals surface area contributed by atoms with E-state index >= 15 is 0 Å². The van der Waals surface area contributed by atoms with Crippen molar-refractivity contribution in [3.05, 3.63) is 60.7 Å². The number of unbranched alkanes of at least 4 members (excludes halogenated alkanes) is 1. The minimum absolute atomic E-state index is 0.359. The van der Waals surface area contributed by atoms with Crippen molar-refractivity contribution >= 4 is 12.0 Å². The van der Waals surface area contributed by atoms with Gasteiger partial charge in [-0.15, -0.1) is 0 Å². The summed E-state index contributed by atoms with van der Waals surface area (Å²) in [6.07, 6.45) is 3.52. The van der Waals surface area contributed by atoms with Crippen LogP contribution < -0.4 is 14.2 Å². The molecule has 0 bridgehead atoms. The highest BCUT2D eigenvalue weighted by Crippen LogP contribution is 2.26. The van der Waals surface area contributed by atoms with Crippen LogP contribution in [0.4, 0.5) is 0 Å². The summed E-state index contributed by atoms with van der Waals surface area (Å²) in [5.41, 5.74) is 1.07. The Hall–Kier alpha value is -2.75. The highest BCUT2D eigenvalue weighted by atomic mass is 16.6. The standard InChI is InChI=1S/C20H22O4/c1-3-17-10-12-18(13-11-17)22-14-6-7-15-23-19-8-4-5-9-20(19)24-16(2)21/h3-5,8-13H,1,6-7,14-15H2,2H3. The number of hydrogen-bond acceptors (Lipinski definition) is 4. The van der Waals surface area contributed by atoms with Gasteiger partial charge in [0.05, 0.1) is 13.2 Å². The van der Waals surface area contributed by atoms with E-state index in [0.717, 1.165) is 24.2 Å². The molecule has 0 fully saturated rings. The quantitative estimate of drug-likeness (QED) is 0.387. The molecule has 24 heavy (non-hydrogen) atoms. The van der Waals surface area contributed by atoms with Crippen molar-refractivity contribution in [2.24, 2.45) is 0 Å². The van der Waals surface area contributed by atoms with Crippen LogP contribution in [-0.4, -0.2) is 19.2 Å². The second-order valence-electron chi connectivity index (χ2n) is 5.22. The van der Waals surface area contributed by atoms with E-state index in [9.17, 15) is 4.79 Å². The van der Waals surface area contributed by atoms with Gasteiger partial charge in [-0.25, -0.2) is 0 Å². The van der Waals surface area contributed by atoms with E-state index in [2.05, 4.69) is 6.58 Å². The molecule has 4 nitrogen and oxygen atoms in total. The molecule has 0 amide bonds. The fraction of sp³-hybridized carbons (Fsp3) is 0.250. The summed E-state index contributed by atoms with van der Waals surface area (Å²) in [6.45, 7) is 6.26. The zero-order valence-corrected chi connectivity index (χ0v) is 13.9. The smallest absolute Gasteiger partial charge is 0.308 e. The van der Waals surface area contributed by atoms with Crippen LogP contribution in [0.2, 0.25) is 0 Å². The molecule has 0 saturated carbocycles. The second-order valence-corrected chi connectivity index (χ2v) is 5.22. The maximum absolute atomic E-state index is 11.1. The summed E-state index contributed by atoms with van der Waals surface area (Å²) >= 11 is 0. The van der Waals surface area contributed by atoms with Gasteiger partial charge < -0.3 is 14.2 Å². The molecule has 2 aromatic rings. The van der Waals surface area contributed by atoms with Crippen LogP contribution in [0.5, 0.6) is 17.2 Å². The number of carbonyl (C=O) groups excluding carboxylic acids is 1. The Labute approximate surface area is 142 Å². The van der Waals surface area contributed by atoms with Crippen molar-refractivity contribution in [2.45, 2.75) is 19.8 Å². The summed E-state index contributed by atoms with van der Waals surface area (Å²) in [5, 5.41) is 0. The molecule has 0 aliphatic rings. The number of hydrogen-bond donors (Lipinski definition) is 0. The maximum atomic E-state index is 11.1. The van der Waals surface area contributed by atoms with E-state index < -0.39 is 0 Å². The average Bonchev–Trinajstić information content (AvgIpc) is 2.59. The molecular formula is C20H22O4. The SMILES string of the molecule is C=Cc1ccc(OCCCCOc2ccccc2OC(C)=O)cc1. The number of rotatable bonds is 9. The third-order valence-electron chi connectivity index (χ3n) is 3.28. The zero-order chi connectivity index (χ0) is 17.2. The minimum Gasteiger partial charge on any atom is -0.494 e. The van der Waals surface area contributed by atoms with Gasteiger partial charge in [-0.3, -0.25) is 4.79 Å². The number of ether oxygens (including phenoxy) is 3. The first-order valence-corrected chi connectivity index (χ1v) is 7.94. The van der Waals surface area contributed by atoms with Gasteiger partial charge in [0.1, 0.15) is 5.75 Å². The number of carbonyl (C=O) groups is 1. The van der Waals surface area contributed by atoms with Gasteiger partial charge in [0.25, 0.3) is 0 Å². The molecule has 0 unspecified atom stereocenters. The molecular weight excluding hydrogens is 304 g/mol. The van der Waals surface area contributed by atoms with Crippen LogP contribution >= 0.6 is 0 Å².